The lowest BCUT2D eigenvalue weighted by molar-refractivity contribution is 0.581. The summed E-state index contributed by atoms with van der Waals surface area (Å²) in [4.78, 5) is 4.06. The van der Waals surface area contributed by atoms with Crippen molar-refractivity contribution in [3.8, 4) is 0 Å². The maximum absolute atomic E-state index is 12.1. The molecule has 1 aromatic carbocycles. The van der Waals surface area contributed by atoms with E-state index < -0.39 is 10.0 Å². The summed E-state index contributed by atoms with van der Waals surface area (Å²) in [5.74, 6) is 0. The number of nitrogen functional groups attached to an aromatic ring is 1. The highest BCUT2D eigenvalue weighted by atomic mass is 35.5. The summed E-state index contributed by atoms with van der Waals surface area (Å²) < 4.78 is 26.6. The van der Waals surface area contributed by atoms with Gasteiger partial charge in [-0.3, -0.25) is 0 Å². The lowest BCUT2D eigenvalue weighted by Gasteiger charge is -2.09. The smallest absolute Gasteiger partial charge is 0.241 e. The van der Waals surface area contributed by atoms with Crippen LogP contribution in [0.5, 0.6) is 0 Å². The van der Waals surface area contributed by atoms with Crippen molar-refractivity contribution in [2.45, 2.75) is 18.4 Å². The largest absolute Gasteiger partial charge is 0.398 e. The molecule has 19 heavy (non-hydrogen) atoms. The molecule has 3 N–H and O–H groups in total. The Labute approximate surface area is 120 Å². The van der Waals surface area contributed by atoms with Crippen molar-refractivity contribution < 1.29 is 8.42 Å². The number of hydrogen-bond acceptors (Lipinski definition) is 5. The van der Waals surface area contributed by atoms with Crippen LogP contribution in [-0.4, -0.2) is 13.4 Å². The molecule has 0 radical (unpaired) electrons. The molecule has 0 fully saturated rings. The van der Waals surface area contributed by atoms with Crippen molar-refractivity contribution in [3.63, 3.8) is 0 Å². The molecule has 0 aliphatic rings. The molecule has 0 aliphatic heterocycles. The van der Waals surface area contributed by atoms with Crippen LogP contribution in [0.3, 0.4) is 0 Å². The monoisotopic (exact) mass is 317 g/mol. The molecule has 2 rings (SSSR count). The molecule has 0 bridgehead atoms. The second kappa shape index (κ2) is 5.46. The lowest BCUT2D eigenvalue weighted by atomic mass is 10.2. The van der Waals surface area contributed by atoms with Gasteiger partial charge in [-0.15, -0.1) is 11.3 Å². The molecule has 0 saturated carbocycles. The highest BCUT2D eigenvalue weighted by molar-refractivity contribution is 7.89. The summed E-state index contributed by atoms with van der Waals surface area (Å²) in [7, 11) is -3.65. The number of thiazole rings is 1. The van der Waals surface area contributed by atoms with Crippen molar-refractivity contribution in [1.29, 1.82) is 0 Å². The number of nitrogens with zero attached hydrogens (tertiary/aromatic N) is 1. The van der Waals surface area contributed by atoms with Gasteiger partial charge in [0.1, 0.15) is 5.01 Å². The minimum Gasteiger partial charge on any atom is -0.398 e. The van der Waals surface area contributed by atoms with Crippen molar-refractivity contribution in [1.82, 2.24) is 9.71 Å². The average molecular weight is 318 g/mol. The van der Waals surface area contributed by atoms with Gasteiger partial charge in [0, 0.05) is 22.3 Å². The summed E-state index contributed by atoms with van der Waals surface area (Å²) in [5.41, 5.74) is 6.74. The molecule has 0 amide bonds. The molecular formula is C11H12ClN3O2S2. The summed E-state index contributed by atoms with van der Waals surface area (Å²) >= 11 is 7.32. The molecule has 0 atom stereocenters. The number of nitrogens with two attached hydrogens (primary N) is 1. The molecule has 0 spiro atoms. The number of aromatic nitrogens is 1. The van der Waals surface area contributed by atoms with Crippen LogP contribution in [0, 0.1) is 6.92 Å². The maximum Gasteiger partial charge on any atom is 0.241 e. The van der Waals surface area contributed by atoms with E-state index >= 15 is 0 Å². The molecule has 5 nitrogen and oxygen atoms in total. The van der Waals surface area contributed by atoms with E-state index in [9.17, 15) is 8.42 Å². The van der Waals surface area contributed by atoms with E-state index in [0.717, 1.165) is 0 Å². The van der Waals surface area contributed by atoms with Gasteiger partial charge in [0.15, 0.2) is 0 Å². The second-order valence-electron chi connectivity index (χ2n) is 3.87. The topological polar surface area (TPSA) is 85.1 Å². The fourth-order valence-corrected chi connectivity index (χ4v) is 3.40. The van der Waals surface area contributed by atoms with Gasteiger partial charge in [0.2, 0.25) is 10.0 Å². The second-order valence-corrected chi connectivity index (χ2v) is 7.02. The summed E-state index contributed by atoms with van der Waals surface area (Å²) in [6.45, 7) is 1.88. The van der Waals surface area contributed by atoms with Gasteiger partial charge in [0.25, 0.3) is 0 Å². The van der Waals surface area contributed by atoms with Gasteiger partial charge >= 0.3 is 0 Å². The molecule has 0 aliphatic carbocycles. The summed E-state index contributed by atoms with van der Waals surface area (Å²) in [5, 5.41) is 2.80. The Kier molecular flexibility index (Phi) is 4.10. The van der Waals surface area contributed by atoms with Gasteiger partial charge in [-0.2, -0.15) is 0 Å². The standard InChI is InChI=1S/C11H12ClN3O2S2/c1-7-9(12)4-8(5-10(7)13)19(16,17)15-6-11-14-2-3-18-11/h2-5,15H,6,13H2,1H3. The molecule has 0 saturated heterocycles. The Morgan fingerprint density at radius 2 is 2.21 bits per heavy atom. The highest BCUT2D eigenvalue weighted by Crippen LogP contribution is 2.25. The first kappa shape index (κ1) is 14.3. The van der Waals surface area contributed by atoms with Crippen molar-refractivity contribution in [2.24, 2.45) is 0 Å². The molecule has 102 valence electrons. The first-order valence-electron chi connectivity index (χ1n) is 5.34. The zero-order valence-corrected chi connectivity index (χ0v) is 12.4. The molecule has 1 heterocycles. The maximum atomic E-state index is 12.1. The SMILES string of the molecule is Cc1c(N)cc(S(=O)(=O)NCc2nccs2)cc1Cl. The molecular weight excluding hydrogens is 306 g/mol. The number of hydrogen-bond donors (Lipinski definition) is 2. The number of nitrogens with one attached hydrogen (secondary N) is 1. The van der Waals surface area contributed by atoms with Crippen LogP contribution in [-0.2, 0) is 16.6 Å². The fourth-order valence-electron chi connectivity index (χ4n) is 1.41. The first-order valence-corrected chi connectivity index (χ1v) is 8.08. The van der Waals surface area contributed by atoms with E-state index in [1.807, 2.05) is 0 Å². The molecule has 8 heteroatoms. The quantitative estimate of drug-likeness (QED) is 0.846. The van der Waals surface area contributed by atoms with E-state index in [0.29, 0.717) is 21.3 Å². The minimum absolute atomic E-state index is 0.0529. The normalized spacial score (nSPS) is 11.7. The van der Waals surface area contributed by atoms with Crippen LogP contribution in [0.4, 0.5) is 5.69 Å². The van der Waals surface area contributed by atoms with E-state index in [-0.39, 0.29) is 11.4 Å². The number of rotatable bonds is 4. The van der Waals surface area contributed by atoms with E-state index in [1.165, 1.54) is 23.5 Å². The van der Waals surface area contributed by atoms with Crippen LogP contribution in [0.1, 0.15) is 10.6 Å². The predicted molar refractivity (Wildman–Crippen MR) is 76.7 cm³/mol. The highest BCUT2D eigenvalue weighted by Gasteiger charge is 2.17. The molecule has 2 aromatic rings. The number of anilines is 1. The van der Waals surface area contributed by atoms with Gasteiger partial charge in [0.05, 0.1) is 11.4 Å². The average Bonchev–Trinajstić information content (AvgIpc) is 2.86. The summed E-state index contributed by atoms with van der Waals surface area (Å²) in [6, 6.07) is 2.78. The van der Waals surface area contributed by atoms with Crippen LogP contribution >= 0.6 is 22.9 Å². The number of halogens is 1. The van der Waals surface area contributed by atoms with E-state index in [4.69, 9.17) is 17.3 Å². The summed E-state index contributed by atoms with van der Waals surface area (Å²) in [6.07, 6.45) is 1.62. The first-order chi connectivity index (χ1) is 8.90. The van der Waals surface area contributed by atoms with E-state index in [2.05, 4.69) is 9.71 Å². The zero-order valence-electron chi connectivity index (χ0n) is 10.1. The number of benzene rings is 1. The van der Waals surface area contributed by atoms with Crippen LogP contribution < -0.4 is 10.5 Å². The van der Waals surface area contributed by atoms with Gasteiger partial charge in [-0.1, -0.05) is 11.6 Å². The number of sulfonamides is 1. The Hall–Kier alpha value is -1.15. The Balaban J connectivity index is 2.24. The van der Waals surface area contributed by atoms with E-state index in [1.54, 1.807) is 18.5 Å². The van der Waals surface area contributed by atoms with Gasteiger partial charge in [-0.05, 0) is 24.6 Å². The van der Waals surface area contributed by atoms with Crippen LogP contribution in [0.15, 0.2) is 28.6 Å². The zero-order chi connectivity index (χ0) is 14.0. The van der Waals surface area contributed by atoms with Gasteiger partial charge < -0.3 is 5.73 Å². The Morgan fingerprint density at radius 3 is 2.79 bits per heavy atom. The third kappa shape index (κ3) is 3.24. The molecule has 0 unspecified atom stereocenters. The predicted octanol–water partition coefficient (Wildman–Crippen LogP) is 2.17. The van der Waals surface area contributed by atoms with Gasteiger partial charge in [-0.25, -0.2) is 18.1 Å². The van der Waals surface area contributed by atoms with Crippen molar-refractivity contribution >= 4 is 38.6 Å². The molecule has 1 aromatic heterocycles. The van der Waals surface area contributed by atoms with Crippen molar-refractivity contribution in [2.75, 3.05) is 5.73 Å². The minimum atomic E-state index is -3.65. The third-order valence-electron chi connectivity index (χ3n) is 2.57. The van der Waals surface area contributed by atoms with Crippen molar-refractivity contribution in [3.05, 3.63) is 39.3 Å². The Morgan fingerprint density at radius 1 is 1.47 bits per heavy atom. The fraction of sp³-hybridized carbons (Fsp3) is 0.182. The Bertz CT molecular complexity index is 661. The van der Waals surface area contributed by atoms with Crippen LogP contribution in [0.25, 0.3) is 0 Å². The lowest BCUT2D eigenvalue weighted by Crippen LogP contribution is -2.23. The third-order valence-corrected chi connectivity index (χ3v) is 5.12. The van der Waals surface area contributed by atoms with Crippen LogP contribution in [0.2, 0.25) is 5.02 Å².